The Labute approximate surface area is 154 Å². The fraction of sp³-hybridized carbons (Fsp3) is 0.316. The molecule has 0 atom stereocenters. The maximum Gasteiger partial charge on any atom is 0.323 e. The SMILES string of the molecule is CCS(=O)(=O)N1CCc2ccc(NC(=O)Nc3ccc(C)cc3C)cc21. The molecular weight excluding hydrogens is 350 g/mol. The van der Waals surface area contributed by atoms with Crippen LogP contribution in [0, 0.1) is 13.8 Å². The van der Waals surface area contributed by atoms with E-state index in [0.717, 1.165) is 22.4 Å². The molecule has 0 aromatic heterocycles. The van der Waals surface area contributed by atoms with E-state index in [4.69, 9.17) is 0 Å². The zero-order chi connectivity index (χ0) is 18.9. The molecule has 0 bridgehead atoms. The number of benzene rings is 2. The first-order valence-electron chi connectivity index (χ1n) is 8.59. The molecule has 3 rings (SSSR count). The lowest BCUT2D eigenvalue weighted by Crippen LogP contribution is -2.30. The number of carbonyl (C=O) groups is 1. The minimum Gasteiger partial charge on any atom is -0.308 e. The Morgan fingerprint density at radius 2 is 1.88 bits per heavy atom. The van der Waals surface area contributed by atoms with E-state index in [0.29, 0.717) is 24.3 Å². The number of amides is 2. The number of hydrogen-bond donors (Lipinski definition) is 2. The third-order valence-corrected chi connectivity index (χ3v) is 6.31. The van der Waals surface area contributed by atoms with E-state index in [1.807, 2.05) is 38.1 Å². The Kier molecular flexibility index (Phi) is 4.91. The van der Waals surface area contributed by atoms with Gasteiger partial charge in [0.1, 0.15) is 0 Å². The summed E-state index contributed by atoms with van der Waals surface area (Å²) in [6.45, 7) is 6.01. The van der Waals surface area contributed by atoms with E-state index in [1.165, 1.54) is 4.31 Å². The molecule has 2 aromatic rings. The summed E-state index contributed by atoms with van der Waals surface area (Å²) in [5, 5.41) is 5.60. The number of fused-ring (bicyclic) bond motifs is 1. The van der Waals surface area contributed by atoms with Crippen molar-refractivity contribution in [3.63, 3.8) is 0 Å². The molecule has 6 nitrogen and oxygen atoms in total. The van der Waals surface area contributed by atoms with E-state index < -0.39 is 10.0 Å². The molecule has 1 heterocycles. The van der Waals surface area contributed by atoms with Gasteiger partial charge in [-0.05, 0) is 56.5 Å². The number of rotatable bonds is 4. The lowest BCUT2D eigenvalue weighted by molar-refractivity contribution is 0.262. The van der Waals surface area contributed by atoms with Gasteiger partial charge in [-0.1, -0.05) is 23.8 Å². The van der Waals surface area contributed by atoms with Gasteiger partial charge in [-0.25, -0.2) is 13.2 Å². The zero-order valence-electron chi connectivity index (χ0n) is 15.2. The first kappa shape index (κ1) is 18.3. The van der Waals surface area contributed by atoms with Crippen LogP contribution in [0.4, 0.5) is 21.9 Å². The van der Waals surface area contributed by atoms with Gasteiger partial charge in [-0.2, -0.15) is 0 Å². The van der Waals surface area contributed by atoms with Crippen LogP contribution in [0.25, 0.3) is 0 Å². The maximum atomic E-state index is 12.3. The van der Waals surface area contributed by atoms with Crippen LogP contribution in [0.15, 0.2) is 36.4 Å². The van der Waals surface area contributed by atoms with Crippen molar-refractivity contribution < 1.29 is 13.2 Å². The topological polar surface area (TPSA) is 78.5 Å². The summed E-state index contributed by atoms with van der Waals surface area (Å²) in [5.74, 6) is 0.0529. The second-order valence-corrected chi connectivity index (χ2v) is 8.65. The van der Waals surface area contributed by atoms with Gasteiger partial charge in [0.15, 0.2) is 0 Å². The third-order valence-electron chi connectivity index (χ3n) is 4.53. The smallest absolute Gasteiger partial charge is 0.308 e. The Morgan fingerprint density at radius 1 is 1.12 bits per heavy atom. The van der Waals surface area contributed by atoms with Crippen LogP contribution in [0.1, 0.15) is 23.6 Å². The second-order valence-electron chi connectivity index (χ2n) is 6.46. The highest BCUT2D eigenvalue weighted by molar-refractivity contribution is 7.92. The van der Waals surface area contributed by atoms with Gasteiger partial charge in [0, 0.05) is 17.9 Å². The summed E-state index contributed by atoms with van der Waals surface area (Å²) in [7, 11) is -3.31. The molecule has 0 aliphatic carbocycles. The lowest BCUT2D eigenvalue weighted by Gasteiger charge is -2.19. The summed E-state index contributed by atoms with van der Waals surface area (Å²) in [4.78, 5) is 12.3. The van der Waals surface area contributed by atoms with Crippen molar-refractivity contribution in [3.05, 3.63) is 53.1 Å². The van der Waals surface area contributed by atoms with Crippen LogP contribution in [0.5, 0.6) is 0 Å². The second kappa shape index (κ2) is 6.99. The molecule has 0 radical (unpaired) electrons. The van der Waals surface area contributed by atoms with Crippen LogP contribution in [0.2, 0.25) is 0 Å². The molecule has 0 unspecified atom stereocenters. The number of sulfonamides is 1. The van der Waals surface area contributed by atoms with E-state index in [1.54, 1.807) is 19.1 Å². The monoisotopic (exact) mass is 373 g/mol. The van der Waals surface area contributed by atoms with Crippen molar-refractivity contribution in [2.24, 2.45) is 0 Å². The van der Waals surface area contributed by atoms with Crippen LogP contribution in [-0.2, 0) is 16.4 Å². The van der Waals surface area contributed by atoms with Crippen molar-refractivity contribution >= 4 is 33.1 Å². The summed E-state index contributed by atoms with van der Waals surface area (Å²) in [6.07, 6.45) is 0.684. The van der Waals surface area contributed by atoms with Crippen molar-refractivity contribution in [1.82, 2.24) is 0 Å². The highest BCUT2D eigenvalue weighted by atomic mass is 32.2. The Balaban J connectivity index is 1.77. The van der Waals surface area contributed by atoms with E-state index in [-0.39, 0.29) is 11.8 Å². The molecule has 7 heteroatoms. The fourth-order valence-electron chi connectivity index (χ4n) is 3.11. The quantitative estimate of drug-likeness (QED) is 0.858. The predicted octanol–water partition coefficient (Wildman–Crippen LogP) is 3.66. The Hall–Kier alpha value is -2.54. The van der Waals surface area contributed by atoms with Gasteiger partial charge in [0.25, 0.3) is 0 Å². The molecule has 0 saturated heterocycles. The van der Waals surface area contributed by atoms with E-state index >= 15 is 0 Å². The molecule has 138 valence electrons. The molecule has 2 aromatic carbocycles. The predicted molar refractivity (Wildman–Crippen MR) is 106 cm³/mol. The first-order chi connectivity index (χ1) is 12.3. The molecular formula is C19H23N3O3S. The number of aryl methyl sites for hydroxylation is 2. The van der Waals surface area contributed by atoms with Gasteiger partial charge in [0.05, 0.1) is 11.4 Å². The van der Waals surface area contributed by atoms with Gasteiger partial charge >= 0.3 is 6.03 Å². The molecule has 0 spiro atoms. The van der Waals surface area contributed by atoms with Crippen LogP contribution >= 0.6 is 0 Å². The van der Waals surface area contributed by atoms with Gasteiger partial charge < -0.3 is 10.6 Å². The average molecular weight is 373 g/mol. The van der Waals surface area contributed by atoms with Crippen LogP contribution in [-0.4, -0.2) is 26.7 Å². The molecule has 2 amide bonds. The Morgan fingerprint density at radius 3 is 2.58 bits per heavy atom. The zero-order valence-corrected chi connectivity index (χ0v) is 16.0. The Bertz CT molecular complexity index is 954. The van der Waals surface area contributed by atoms with Crippen molar-refractivity contribution in [2.45, 2.75) is 27.2 Å². The van der Waals surface area contributed by atoms with Crippen molar-refractivity contribution in [1.29, 1.82) is 0 Å². The number of urea groups is 1. The van der Waals surface area contributed by atoms with Crippen molar-refractivity contribution in [3.8, 4) is 0 Å². The maximum absolute atomic E-state index is 12.3. The van der Waals surface area contributed by atoms with Gasteiger partial charge in [-0.15, -0.1) is 0 Å². The van der Waals surface area contributed by atoms with E-state index in [2.05, 4.69) is 10.6 Å². The molecule has 1 aliphatic rings. The number of nitrogens with zero attached hydrogens (tertiary/aromatic N) is 1. The minimum absolute atomic E-state index is 0.0529. The third kappa shape index (κ3) is 3.67. The van der Waals surface area contributed by atoms with Crippen LogP contribution < -0.4 is 14.9 Å². The first-order valence-corrected chi connectivity index (χ1v) is 10.2. The number of anilines is 3. The van der Waals surface area contributed by atoms with E-state index in [9.17, 15) is 13.2 Å². The molecule has 0 fully saturated rings. The normalized spacial score (nSPS) is 13.4. The summed E-state index contributed by atoms with van der Waals surface area (Å²) in [5.41, 5.74) is 5.03. The average Bonchev–Trinajstić information content (AvgIpc) is 3.01. The highest BCUT2D eigenvalue weighted by Crippen LogP contribution is 2.33. The van der Waals surface area contributed by atoms with Crippen molar-refractivity contribution in [2.75, 3.05) is 27.2 Å². The van der Waals surface area contributed by atoms with Gasteiger partial charge in [0.2, 0.25) is 10.0 Å². The largest absolute Gasteiger partial charge is 0.323 e. The summed E-state index contributed by atoms with van der Waals surface area (Å²) >= 11 is 0. The lowest BCUT2D eigenvalue weighted by atomic mass is 10.1. The molecule has 2 N–H and O–H groups in total. The highest BCUT2D eigenvalue weighted by Gasteiger charge is 2.28. The fourth-order valence-corrected chi connectivity index (χ4v) is 4.26. The summed E-state index contributed by atoms with van der Waals surface area (Å²) < 4.78 is 25.9. The van der Waals surface area contributed by atoms with Gasteiger partial charge in [-0.3, -0.25) is 4.31 Å². The van der Waals surface area contributed by atoms with Crippen LogP contribution in [0.3, 0.4) is 0 Å². The standard InChI is InChI=1S/C19H23N3O3S/c1-4-26(24,25)22-10-9-15-6-7-16(12-18(15)22)20-19(23)21-17-8-5-13(2)11-14(17)3/h5-8,11-12H,4,9-10H2,1-3H3,(H2,20,21,23). The number of nitrogens with one attached hydrogen (secondary N) is 2. The number of carbonyl (C=O) groups excluding carboxylic acids is 1. The molecule has 26 heavy (non-hydrogen) atoms. The summed E-state index contributed by atoms with van der Waals surface area (Å²) in [6, 6.07) is 10.8. The molecule has 1 aliphatic heterocycles. The minimum atomic E-state index is -3.31. The molecule has 0 saturated carbocycles. The number of hydrogen-bond acceptors (Lipinski definition) is 3.